The summed E-state index contributed by atoms with van der Waals surface area (Å²) < 4.78 is 5.08. The second-order valence-electron chi connectivity index (χ2n) is 4.37. The standard InChI is InChI=1S/C12H18N4O3.ClH/c1-19-10-2-4-13-12(14-10)16-8-6-15(7-9-16)5-3-11(17)18;/h2,4H,3,5-9H2,1H3,(H,17,18);1H. The van der Waals surface area contributed by atoms with Crippen LogP contribution >= 0.6 is 12.4 Å². The number of carboxylic acid groups (broad SMARTS) is 1. The first-order valence-electron chi connectivity index (χ1n) is 6.25. The molecule has 0 saturated carbocycles. The highest BCUT2D eigenvalue weighted by Crippen LogP contribution is 2.14. The maximum atomic E-state index is 10.5. The summed E-state index contributed by atoms with van der Waals surface area (Å²) in [6.07, 6.45) is 1.87. The number of ether oxygens (including phenoxy) is 1. The van der Waals surface area contributed by atoms with Gasteiger partial charge in [-0.3, -0.25) is 9.69 Å². The quantitative estimate of drug-likeness (QED) is 0.848. The van der Waals surface area contributed by atoms with Gasteiger partial charge in [0.05, 0.1) is 13.5 Å². The van der Waals surface area contributed by atoms with E-state index < -0.39 is 5.97 Å². The van der Waals surface area contributed by atoms with E-state index in [1.807, 2.05) is 0 Å². The van der Waals surface area contributed by atoms with Crippen molar-refractivity contribution in [3.63, 3.8) is 0 Å². The van der Waals surface area contributed by atoms with Crippen LogP contribution in [0.25, 0.3) is 0 Å². The molecule has 0 radical (unpaired) electrons. The molecule has 0 bridgehead atoms. The Balaban J connectivity index is 0.00000200. The van der Waals surface area contributed by atoms with Gasteiger partial charge in [-0.2, -0.15) is 4.98 Å². The number of nitrogens with zero attached hydrogens (tertiary/aromatic N) is 4. The van der Waals surface area contributed by atoms with Crippen molar-refractivity contribution in [3.05, 3.63) is 12.3 Å². The van der Waals surface area contributed by atoms with Gasteiger partial charge in [-0.1, -0.05) is 0 Å². The number of halogens is 1. The maximum Gasteiger partial charge on any atom is 0.304 e. The summed E-state index contributed by atoms with van der Waals surface area (Å²) in [5, 5.41) is 8.66. The van der Waals surface area contributed by atoms with Crippen molar-refractivity contribution >= 4 is 24.3 Å². The second kappa shape index (κ2) is 7.86. The van der Waals surface area contributed by atoms with E-state index >= 15 is 0 Å². The smallest absolute Gasteiger partial charge is 0.304 e. The van der Waals surface area contributed by atoms with Crippen LogP contribution in [0.4, 0.5) is 5.95 Å². The third-order valence-electron chi connectivity index (χ3n) is 3.12. The number of carboxylic acids is 1. The lowest BCUT2D eigenvalue weighted by atomic mass is 10.3. The molecular formula is C12H19ClN4O3. The van der Waals surface area contributed by atoms with Gasteiger partial charge < -0.3 is 14.7 Å². The van der Waals surface area contributed by atoms with Gasteiger partial charge in [-0.05, 0) is 0 Å². The molecule has 7 nitrogen and oxygen atoms in total. The number of hydrogen-bond donors (Lipinski definition) is 1. The molecule has 0 aromatic carbocycles. The Morgan fingerprint density at radius 1 is 1.40 bits per heavy atom. The second-order valence-corrected chi connectivity index (χ2v) is 4.37. The molecule has 1 fully saturated rings. The Kier molecular flexibility index (Phi) is 6.47. The monoisotopic (exact) mass is 302 g/mol. The predicted octanol–water partition coefficient (Wildman–Crippen LogP) is 0.504. The minimum atomic E-state index is -0.751. The number of anilines is 1. The summed E-state index contributed by atoms with van der Waals surface area (Å²) >= 11 is 0. The molecule has 1 aliphatic rings. The largest absolute Gasteiger partial charge is 0.481 e. The molecule has 1 aliphatic heterocycles. The van der Waals surface area contributed by atoms with Crippen molar-refractivity contribution in [1.29, 1.82) is 0 Å². The van der Waals surface area contributed by atoms with Gasteiger partial charge in [0, 0.05) is 45.0 Å². The molecule has 112 valence electrons. The highest BCUT2D eigenvalue weighted by molar-refractivity contribution is 5.85. The molecule has 1 saturated heterocycles. The number of rotatable bonds is 5. The van der Waals surface area contributed by atoms with Crippen LogP contribution in [0.5, 0.6) is 5.88 Å². The van der Waals surface area contributed by atoms with E-state index in [1.54, 1.807) is 19.4 Å². The molecule has 1 N–H and O–H groups in total. The summed E-state index contributed by atoms with van der Waals surface area (Å²) in [6.45, 7) is 3.85. The van der Waals surface area contributed by atoms with Crippen molar-refractivity contribution in [1.82, 2.24) is 14.9 Å². The average molecular weight is 303 g/mol. The van der Waals surface area contributed by atoms with Gasteiger partial charge in [0.25, 0.3) is 0 Å². The van der Waals surface area contributed by atoms with Gasteiger partial charge in [0.15, 0.2) is 0 Å². The van der Waals surface area contributed by atoms with E-state index in [1.165, 1.54) is 0 Å². The topological polar surface area (TPSA) is 78.8 Å². The molecule has 0 aliphatic carbocycles. The number of methoxy groups -OCH3 is 1. The number of aromatic nitrogens is 2. The van der Waals surface area contributed by atoms with Gasteiger partial charge in [-0.15, -0.1) is 12.4 Å². The van der Waals surface area contributed by atoms with Crippen LogP contribution in [0.2, 0.25) is 0 Å². The molecule has 0 amide bonds. The Morgan fingerprint density at radius 2 is 2.10 bits per heavy atom. The van der Waals surface area contributed by atoms with Crippen molar-refractivity contribution in [3.8, 4) is 5.88 Å². The molecule has 0 unspecified atom stereocenters. The third-order valence-corrected chi connectivity index (χ3v) is 3.12. The molecule has 20 heavy (non-hydrogen) atoms. The van der Waals surface area contributed by atoms with Crippen LogP contribution in [-0.4, -0.2) is 65.8 Å². The zero-order valence-corrected chi connectivity index (χ0v) is 12.2. The molecule has 1 aromatic heterocycles. The summed E-state index contributed by atoms with van der Waals surface area (Å²) in [7, 11) is 1.58. The molecule has 2 heterocycles. The van der Waals surface area contributed by atoms with Crippen molar-refractivity contribution in [2.24, 2.45) is 0 Å². The molecule has 0 atom stereocenters. The average Bonchev–Trinajstić information content (AvgIpc) is 2.45. The van der Waals surface area contributed by atoms with Gasteiger partial charge in [0.2, 0.25) is 11.8 Å². The summed E-state index contributed by atoms with van der Waals surface area (Å²) in [5.41, 5.74) is 0. The first-order chi connectivity index (χ1) is 9.19. The molecule has 1 aromatic rings. The minimum absolute atomic E-state index is 0. The Labute approximate surface area is 124 Å². The predicted molar refractivity (Wildman–Crippen MR) is 76.7 cm³/mol. The Hall–Kier alpha value is -1.60. The van der Waals surface area contributed by atoms with Gasteiger partial charge >= 0.3 is 5.97 Å². The first-order valence-corrected chi connectivity index (χ1v) is 6.25. The van der Waals surface area contributed by atoms with E-state index in [0.717, 1.165) is 26.2 Å². The van der Waals surface area contributed by atoms with Crippen LogP contribution in [0.15, 0.2) is 12.3 Å². The highest BCUT2D eigenvalue weighted by Gasteiger charge is 2.19. The van der Waals surface area contributed by atoms with Gasteiger partial charge in [0.1, 0.15) is 0 Å². The zero-order chi connectivity index (χ0) is 13.7. The van der Waals surface area contributed by atoms with Crippen molar-refractivity contribution in [2.75, 3.05) is 44.7 Å². The number of piperazine rings is 1. The Morgan fingerprint density at radius 3 is 2.70 bits per heavy atom. The van der Waals surface area contributed by atoms with E-state index in [2.05, 4.69) is 19.8 Å². The summed E-state index contributed by atoms with van der Waals surface area (Å²) in [6, 6.07) is 1.71. The molecule has 2 rings (SSSR count). The third kappa shape index (κ3) is 4.50. The van der Waals surface area contributed by atoms with Crippen molar-refractivity contribution < 1.29 is 14.6 Å². The fourth-order valence-electron chi connectivity index (χ4n) is 2.02. The zero-order valence-electron chi connectivity index (χ0n) is 11.4. The fourth-order valence-corrected chi connectivity index (χ4v) is 2.02. The van der Waals surface area contributed by atoms with Crippen LogP contribution in [-0.2, 0) is 4.79 Å². The van der Waals surface area contributed by atoms with E-state index in [9.17, 15) is 4.79 Å². The van der Waals surface area contributed by atoms with Crippen LogP contribution in [0.1, 0.15) is 6.42 Å². The van der Waals surface area contributed by atoms with E-state index in [4.69, 9.17) is 9.84 Å². The van der Waals surface area contributed by atoms with Crippen LogP contribution in [0.3, 0.4) is 0 Å². The summed E-state index contributed by atoms with van der Waals surface area (Å²) in [4.78, 5) is 23.3. The highest BCUT2D eigenvalue weighted by atomic mass is 35.5. The minimum Gasteiger partial charge on any atom is -0.481 e. The van der Waals surface area contributed by atoms with Gasteiger partial charge in [-0.25, -0.2) is 4.98 Å². The number of aliphatic carboxylic acids is 1. The van der Waals surface area contributed by atoms with E-state index in [0.29, 0.717) is 18.4 Å². The normalized spacial score (nSPS) is 15.6. The maximum absolute atomic E-state index is 10.5. The first kappa shape index (κ1) is 16.5. The lowest BCUT2D eigenvalue weighted by Crippen LogP contribution is -2.47. The summed E-state index contributed by atoms with van der Waals surface area (Å²) in [5.74, 6) is 0.467. The van der Waals surface area contributed by atoms with Crippen LogP contribution < -0.4 is 9.64 Å². The lowest BCUT2D eigenvalue weighted by Gasteiger charge is -2.34. The van der Waals surface area contributed by atoms with Crippen LogP contribution in [0, 0.1) is 0 Å². The Bertz CT molecular complexity index is 438. The SMILES string of the molecule is COc1ccnc(N2CCN(CCC(=O)O)CC2)n1.Cl. The fraction of sp³-hybridized carbons (Fsp3) is 0.583. The number of hydrogen-bond acceptors (Lipinski definition) is 6. The molecular weight excluding hydrogens is 284 g/mol. The lowest BCUT2D eigenvalue weighted by molar-refractivity contribution is -0.137. The number of carbonyl (C=O) groups is 1. The molecule has 8 heteroatoms. The van der Waals surface area contributed by atoms with Crippen molar-refractivity contribution in [2.45, 2.75) is 6.42 Å². The van der Waals surface area contributed by atoms with E-state index in [-0.39, 0.29) is 18.8 Å². The molecule has 0 spiro atoms.